The first-order chi connectivity index (χ1) is 9.47. The van der Waals surface area contributed by atoms with Crippen molar-refractivity contribution in [3.63, 3.8) is 0 Å². The minimum atomic E-state index is 0.527. The molecule has 2 rings (SSSR count). The van der Waals surface area contributed by atoms with Gasteiger partial charge in [0.25, 0.3) is 0 Å². The zero-order valence-corrected chi connectivity index (χ0v) is 12.7. The Hall–Kier alpha value is -1.78. The third-order valence-corrected chi connectivity index (χ3v) is 3.01. The van der Waals surface area contributed by atoms with E-state index in [2.05, 4.69) is 0 Å². The molecule has 0 saturated heterocycles. The molecule has 4 nitrogen and oxygen atoms in total. The lowest BCUT2D eigenvalue weighted by atomic mass is 10.3. The SMILES string of the molecule is COc1ccc(N)c(Cl)c1.COc1ccc(N)cc1Cl. The van der Waals surface area contributed by atoms with Gasteiger partial charge in [0.2, 0.25) is 0 Å². The van der Waals surface area contributed by atoms with Gasteiger partial charge in [-0.1, -0.05) is 23.2 Å². The molecule has 0 aliphatic heterocycles. The Labute approximate surface area is 128 Å². The first-order valence-electron chi connectivity index (χ1n) is 5.66. The fourth-order valence-corrected chi connectivity index (χ4v) is 1.75. The fourth-order valence-electron chi connectivity index (χ4n) is 1.32. The molecule has 0 unspecified atom stereocenters. The average molecular weight is 315 g/mol. The molecule has 108 valence electrons. The summed E-state index contributed by atoms with van der Waals surface area (Å²) >= 11 is 11.4. The molecule has 0 fully saturated rings. The van der Waals surface area contributed by atoms with Crippen molar-refractivity contribution in [2.45, 2.75) is 0 Å². The van der Waals surface area contributed by atoms with Crippen LogP contribution in [0, 0.1) is 0 Å². The van der Waals surface area contributed by atoms with Crippen LogP contribution in [0.15, 0.2) is 36.4 Å². The summed E-state index contributed by atoms with van der Waals surface area (Å²) in [4.78, 5) is 0. The summed E-state index contributed by atoms with van der Waals surface area (Å²) in [6, 6.07) is 10.3. The third kappa shape index (κ3) is 4.72. The highest BCUT2D eigenvalue weighted by Crippen LogP contribution is 2.25. The highest BCUT2D eigenvalue weighted by molar-refractivity contribution is 6.33. The molecule has 0 atom stereocenters. The highest BCUT2D eigenvalue weighted by atomic mass is 35.5. The minimum Gasteiger partial charge on any atom is -0.497 e. The van der Waals surface area contributed by atoms with E-state index in [-0.39, 0.29) is 0 Å². The van der Waals surface area contributed by atoms with Gasteiger partial charge in [-0.2, -0.15) is 0 Å². The molecule has 0 aliphatic rings. The molecule has 0 amide bonds. The van der Waals surface area contributed by atoms with Crippen LogP contribution >= 0.6 is 23.2 Å². The Kier molecular flexibility index (Phi) is 6.28. The molecule has 0 heterocycles. The number of ether oxygens (including phenoxy) is 2. The van der Waals surface area contributed by atoms with Gasteiger partial charge in [0, 0.05) is 11.8 Å². The minimum absolute atomic E-state index is 0.527. The number of hydrogen-bond acceptors (Lipinski definition) is 4. The van der Waals surface area contributed by atoms with Crippen molar-refractivity contribution >= 4 is 34.6 Å². The molecule has 2 aromatic rings. The summed E-state index contributed by atoms with van der Waals surface area (Å²) in [5.74, 6) is 1.37. The van der Waals surface area contributed by atoms with Gasteiger partial charge in [-0.05, 0) is 30.3 Å². The van der Waals surface area contributed by atoms with Gasteiger partial charge in [0.1, 0.15) is 11.5 Å². The monoisotopic (exact) mass is 314 g/mol. The van der Waals surface area contributed by atoms with Crippen LogP contribution in [0.4, 0.5) is 11.4 Å². The van der Waals surface area contributed by atoms with E-state index >= 15 is 0 Å². The predicted octanol–water partition coefficient (Wildman–Crippen LogP) is 3.86. The Morgan fingerprint density at radius 2 is 1.55 bits per heavy atom. The number of rotatable bonds is 2. The smallest absolute Gasteiger partial charge is 0.137 e. The van der Waals surface area contributed by atoms with Crippen molar-refractivity contribution in [1.82, 2.24) is 0 Å². The molecule has 20 heavy (non-hydrogen) atoms. The van der Waals surface area contributed by atoms with Crippen molar-refractivity contribution < 1.29 is 9.47 Å². The van der Waals surface area contributed by atoms with Crippen molar-refractivity contribution in [3.05, 3.63) is 46.4 Å². The largest absolute Gasteiger partial charge is 0.497 e. The molecule has 6 heteroatoms. The van der Waals surface area contributed by atoms with Crippen LogP contribution in [0.2, 0.25) is 10.0 Å². The lowest BCUT2D eigenvalue weighted by Crippen LogP contribution is -1.87. The summed E-state index contributed by atoms with van der Waals surface area (Å²) in [6.45, 7) is 0. The quantitative estimate of drug-likeness (QED) is 0.826. The Morgan fingerprint density at radius 3 is 2.05 bits per heavy atom. The first kappa shape index (κ1) is 16.3. The third-order valence-electron chi connectivity index (χ3n) is 2.38. The summed E-state index contributed by atoms with van der Waals surface area (Å²) in [5.41, 5.74) is 12.1. The van der Waals surface area contributed by atoms with E-state index in [0.29, 0.717) is 27.2 Å². The van der Waals surface area contributed by atoms with E-state index in [9.17, 15) is 0 Å². The van der Waals surface area contributed by atoms with Crippen LogP contribution in [0.3, 0.4) is 0 Å². The van der Waals surface area contributed by atoms with Crippen LogP contribution in [-0.2, 0) is 0 Å². The van der Waals surface area contributed by atoms with E-state index < -0.39 is 0 Å². The average Bonchev–Trinajstić information content (AvgIpc) is 2.43. The fraction of sp³-hybridized carbons (Fsp3) is 0.143. The van der Waals surface area contributed by atoms with Gasteiger partial charge in [-0.3, -0.25) is 0 Å². The maximum Gasteiger partial charge on any atom is 0.137 e. The number of nitrogen functional groups attached to an aromatic ring is 2. The van der Waals surface area contributed by atoms with Crippen LogP contribution < -0.4 is 20.9 Å². The number of benzene rings is 2. The maximum atomic E-state index is 5.72. The number of methoxy groups -OCH3 is 2. The van der Waals surface area contributed by atoms with Crippen molar-refractivity contribution in [2.24, 2.45) is 0 Å². The second-order valence-corrected chi connectivity index (χ2v) is 4.60. The molecular formula is C14H16Cl2N2O2. The summed E-state index contributed by atoms with van der Waals surface area (Å²) in [5, 5.41) is 1.07. The van der Waals surface area contributed by atoms with Crippen LogP contribution in [0.5, 0.6) is 11.5 Å². The van der Waals surface area contributed by atoms with Gasteiger partial charge >= 0.3 is 0 Å². The standard InChI is InChI=1S/2C7H8ClNO/c1-10-5-2-3-7(9)6(8)4-5;1-10-7-3-2-5(9)4-6(7)8/h2*2-4H,9H2,1H3. The Bertz CT molecular complexity index is 577. The second-order valence-electron chi connectivity index (χ2n) is 3.78. The summed E-state index contributed by atoms with van der Waals surface area (Å²) < 4.78 is 9.82. The molecule has 0 spiro atoms. The molecular weight excluding hydrogens is 299 g/mol. The maximum absolute atomic E-state index is 5.72. The van der Waals surface area contributed by atoms with Crippen LogP contribution in [-0.4, -0.2) is 14.2 Å². The lowest BCUT2D eigenvalue weighted by Gasteiger charge is -2.01. The zero-order chi connectivity index (χ0) is 15.1. The highest BCUT2D eigenvalue weighted by Gasteiger charge is 1.97. The van der Waals surface area contributed by atoms with Crippen molar-refractivity contribution in [3.8, 4) is 11.5 Å². The van der Waals surface area contributed by atoms with E-state index in [1.165, 1.54) is 0 Å². The number of halogens is 2. The topological polar surface area (TPSA) is 70.5 Å². The number of anilines is 2. The van der Waals surface area contributed by atoms with Crippen LogP contribution in [0.25, 0.3) is 0 Å². The van der Waals surface area contributed by atoms with Gasteiger partial charge in [0.05, 0.1) is 30.0 Å². The van der Waals surface area contributed by atoms with Crippen LogP contribution in [0.1, 0.15) is 0 Å². The molecule has 0 saturated carbocycles. The molecule has 2 aromatic carbocycles. The molecule has 0 radical (unpaired) electrons. The van der Waals surface area contributed by atoms with E-state index in [1.54, 1.807) is 50.6 Å². The van der Waals surface area contributed by atoms with Gasteiger partial charge in [-0.25, -0.2) is 0 Å². The second kappa shape index (κ2) is 7.72. The molecule has 0 bridgehead atoms. The van der Waals surface area contributed by atoms with Gasteiger partial charge in [0.15, 0.2) is 0 Å². The Morgan fingerprint density at radius 1 is 0.850 bits per heavy atom. The molecule has 4 N–H and O–H groups in total. The zero-order valence-electron chi connectivity index (χ0n) is 11.2. The van der Waals surface area contributed by atoms with Crippen molar-refractivity contribution in [2.75, 3.05) is 25.7 Å². The summed E-state index contributed by atoms with van der Waals surface area (Å²) in [7, 11) is 3.15. The Balaban J connectivity index is 0.000000200. The van der Waals surface area contributed by atoms with Crippen molar-refractivity contribution in [1.29, 1.82) is 0 Å². The van der Waals surface area contributed by atoms with E-state index in [1.807, 2.05) is 0 Å². The van der Waals surface area contributed by atoms with E-state index in [4.69, 9.17) is 44.1 Å². The first-order valence-corrected chi connectivity index (χ1v) is 6.41. The lowest BCUT2D eigenvalue weighted by molar-refractivity contribution is 0.415. The molecule has 0 aliphatic carbocycles. The van der Waals surface area contributed by atoms with Gasteiger partial charge < -0.3 is 20.9 Å². The number of hydrogen-bond donors (Lipinski definition) is 2. The molecule has 0 aromatic heterocycles. The number of nitrogens with two attached hydrogens (primary N) is 2. The summed E-state index contributed by atoms with van der Waals surface area (Å²) in [6.07, 6.45) is 0. The van der Waals surface area contributed by atoms with E-state index in [0.717, 1.165) is 5.75 Å². The normalized spacial score (nSPS) is 9.40. The predicted molar refractivity (Wildman–Crippen MR) is 84.8 cm³/mol. The van der Waals surface area contributed by atoms with Gasteiger partial charge in [-0.15, -0.1) is 0 Å².